The van der Waals surface area contributed by atoms with E-state index < -0.39 is 16.4 Å². The minimum atomic E-state index is -0.880. The van der Waals surface area contributed by atoms with Gasteiger partial charge in [-0.15, -0.1) is 0 Å². The largest absolute Gasteiger partial charge is 0.304 e. The molecule has 0 saturated carbocycles. The predicted molar refractivity (Wildman–Crippen MR) is 57.9 cm³/mol. The average Bonchev–Trinajstić information content (AvgIpc) is 2.64. The molecule has 82 valence electrons. The van der Waals surface area contributed by atoms with Crippen LogP contribution in [0.2, 0.25) is 0 Å². The molecule has 0 aliphatic rings. The van der Waals surface area contributed by atoms with E-state index in [9.17, 15) is 14.5 Å². The van der Waals surface area contributed by atoms with Crippen LogP contribution in [0.25, 0.3) is 5.69 Å². The normalized spacial score (nSPS) is 10.4. The molecule has 2 aromatic rings. The van der Waals surface area contributed by atoms with Gasteiger partial charge in [-0.1, -0.05) is 0 Å². The highest BCUT2D eigenvalue weighted by molar-refractivity contribution is 9.10. The van der Waals surface area contributed by atoms with Crippen molar-refractivity contribution in [3.05, 3.63) is 51.0 Å². The summed E-state index contributed by atoms with van der Waals surface area (Å²) in [4.78, 5) is 9.64. The van der Waals surface area contributed by atoms with Crippen LogP contribution in [0.4, 0.5) is 10.1 Å². The molecule has 0 amide bonds. The topological polar surface area (TPSA) is 61.0 Å². The minimum absolute atomic E-state index is 0.425. The van der Waals surface area contributed by atoms with Crippen LogP contribution in [0, 0.1) is 15.9 Å². The first-order valence-corrected chi connectivity index (χ1v) is 5.03. The average molecular weight is 286 g/mol. The van der Waals surface area contributed by atoms with Crippen molar-refractivity contribution < 1.29 is 9.31 Å². The second-order valence-corrected chi connectivity index (χ2v) is 3.79. The zero-order valence-corrected chi connectivity index (χ0v) is 9.39. The van der Waals surface area contributed by atoms with Crippen LogP contribution in [-0.2, 0) is 0 Å². The summed E-state index contributed by atoms with van der Waals surface area (Å²) in [5.41, 5.74) is -0.122. The van der Waals surface area contributed by atoms with Gasteiger partial charge in [-0.2, -0.15) is 9.49 Å². The lowest BCUT2D eigenvalue weighted by molar-refractivity contribution is -0.387. The maximum absolute atomic E-state index is 13.3. The summed E-state index contributed by atoms with van der Waals surface area (Å²) in [6, 6.07) is 5.29. The van der Waals surface area contributed by atoms with Crippen LogP contribution in [-0.4, -0.2) is 14.7 Å². The Hall–Kier alpha value is -1.76. The van der Waals surface area contributed by atoms with E-state index in [4.69, 9.17) is 0 Å². The lowest BCUT2D eigenvalue weighted by Gasteiger charge is -2.01. The van der Waals surface area contributed by atoms with E-state index in [1.54, 1.807) is 12.3 Å². The molecular weight excluding hydrogens is 281 g/mol. The van der Waals surface area contributed by atoms with Gasteiger partial charge in [0.2, 0.25) is 5.82 Å². The van der Waals surface area contributed by atoms with Gasteiger partial charge in [0.1, 0.15) is 4.60 Å². The van der Waals surface area contributed by atoms with Crippen molar-refractivity contribution in [1.82, 2.24) is 9.78 Å². The summed E-state index contributed by atoms with van der Waals surface area (Å²) in [6.07, 6.45) is 1.62. The molecule has 1 aromatic carbocycles. The van der Waals surface area contributed by atoms with Crippen LogP contribution >= 0.6 is 15.9 Å². The molecule has 0 atom stereocenters. The van der Waals surface area contributed by atoms with Crippen molar-refractivity contribution >= 4 is 21.6 Å². The predicted octanol–water partition coefficient (Wildman–Crippen LogP) is 2.68. The Bertz CT molecular complexity index is 555. The molecule has 0 saturated heterocycles. The summed E-state index contributed by atoms with van der Waals surface area (Å²) in [5, 5.41) is 14.4. The highest BCUT2D eigenvalue weighted by Crippen LogP contribution is 2.20. The number of nitro groups is 1. The zero-order chi connectivity index (χ0) is 11.7. The molecule has 0 bridgehead atoms. The van der Waals surface area contributed by atoms with Gasteiger partial charge >= 0.3 is 5.69 Å². The Balaban J connectivity index is 2.45. The third kappa shape index (κ3) is 1.94. The van der Waals surface area contributed by atoms with Crippen LogP contribution < -0.4 is 0 Å². The molecule has 5 nitrogen and oxygen atoms in total. The molecule has 1 heterocycles. The molecule has 0 N–H and O–H groups in total. The van der Waals surface area contributed by atoms with Gasteiger partial charge in [0.05, 0.1) is 10.6 Å². The van der Waals surface area contributed by atoms with Crippen molar-refractivity contribution in [2.75, 3.05) is 0 Å². The standard InChI is InChI=1S/C9H5BrFN3O2/c10-9-3-4-13(12-9)6-1-2-8(14(15)16)7(11)5-6/h1-5H. The molecule has 16 heavy (non-hydrogen) atoms. The molecule has 0 radical (unpaired) electrons. The number of benzene rings is 1. The SMILES string of the molecule is O=[N+]([O-])c1ccc(-n2ccc(Br)n2)cc1F. The third-order valence-electron chi connectivity index (χ3n) is 1.95. The monoisotopic (exact) mass is 285 g/mol. The Morgan fingerprint density at radius 3 is 2.69 bits per heavy atom. The van der Waals surface area contributed by atoms with Crippen molar-refractivity contribution in [1.29, 1.82) is 0 Å². The molecular formula is C9H5BrFN3O2. The minimum Gasteiger partial charge on any atom is -0.258 e. The molecule has 0 fully saturated rings. The van der Waals surface area contributed by atoms with Gasteiger partial charge < -0.3 is 0 Å². The van der Waals surface area contributed by atoms with Crippen molar-refractivity contribution in [2.45, 2.75) is 0 Å². The summed E-state index contributed by atoms with van der Waals surface area (Å²) in [7, 11) is 0. The fourth-order valence-electron chi connectivity index (χ4n) is 1.23. The van der Waals surface area contributed by atoms with Gasteiger partial charge in [0.25, 0.3) is 0 Å². The smallest absolute Gasteiger partial charge is 0.258 e. The maximum atomic E-state index is 13.3. The molecule has 7 heteroatoms. The number of hydrogen-bond donors (Lipinski definition) is 0. The fourth-order valence-corrected chi connectivity index (χ4v) is 1.52. The lowest BCUT2D eigenvalue weighted by atomic mass is 10.3. The van der Waals surface area contributed by atoms with Gasteiger partial charge in [0.15, 0.2) is 0 Å². The number of nitro benzene ring substituents is 1. The number of rotatable bonds is 2. The van der Waals surface area contributed by atoms with E-state index in [2.05, 4.69) is 21.0 Å². The van der Waals surface area contributed by atoms with E-state index in [-0.39, 0.29) is 0 Å². The van der Waals surface area contributed by atoms with Gasteiger partial charge in [-0.05, 0) is 28.1 Å². The van der Waals surface area contributed by atoms with Crippen molar-refractivity contribution in [3.8, 4) is 5.69 Å². The van der Waals surface area contributed by atoms with Crippen LogP contribution in [0.1, 0.15) is 0 Å². The first kappa shape index (κ1) is 10.7. The van der Waals surface area contributed by atoms with Crippen molar-refractivity contribution in [2.24, 2.45) is 0 Å². The van der Waals surface area contributed by atoms with Gasteiger partial charge in [-0.3, -0.25) is 10.1 Å². The number of hydrogen-bond acceptors (Lipinski definition) is 3. The highest BCUT2D eigenvalue weighted by atomic mass is 79.9. The summed E-state index contributed by atoms with van der Waals surface area (Å²) in [6.45, 7) is 0. The second kappa shape index (κ2) is 4.01. The Kier molecular flexibility index (Phi) is 2.69. The Morgan fingerprint density at radius 1 is 1.44 bits per heavy atom. The highest BCUT2D eigenvalue weighted by Gasteiger charge is 2.14. The van der Waals surface area contributed by atoms with Crippen LogP contribution in [0.3, 0.4) is 0 Å². The first-order chi connectivity index (χ1) is 7.58. The van der Waals surface area contributed by atoms with E-state index in [1.165, 1.54) is 10.7 Å². The third-order valence-corrected chi connectivity index (χ3v) is 2.37. The van der Waals surface area contributed by atoms with Crippen LogP contribution in [0.15, 0.2) is 35.1 Å². The summed E-state index contributed by atoms with van der Waals surface area (Å²) >= 11 is 3.15. The lowest BCUT2D eigenvalue weighted by Crippen LogP contribution is -1.98. The quantitative estimate of drug-likeness (QED) is 0.630. The molecule has 2 rings (SSSR count). The van der Waals surface area contributed by atoms with E-state index in [1.807, 2.05) is 0 Å². The van der Waals surface area contributed by atoms with Gasteiger partial charge in [-0.25, -0.2) is 4.68 Å². The van der Waals surface area contributed by atoms with E-state index in [0.717, 1.165) is 12.1 Å². The number of halogens is 2. The summed E-state index contributed by atoms with van der Waals surface area (Å²) in [5.74, 6) is -0.880. The molecule has 0 unspecified atom stereocenters. The Labute approximate surface area is 97.8 Å². The molecule has 0 aliphatic heterocycles. The first-order valence-electron chi connectivity index (χ1n) is 4.23. The second-order valence-electron chi connectivity index (χ2n) is 2.98. The molecule has 1 aromatic heterocycles. The fraction of sp³-hybridized carbons (Fsp3) is 0. The van der Waals surface area contributed by atoms with Gasteiger partial charge in [0, 0.05) is 18.3 Å². The number of nitrogens with zero attached hydrogens (tertiary/aromatic N) is 3. The van der Waals surface area contributed by atoms with Crippen molar-refractivity contribution in [3.63, 3.8) is 0 Å². The zero-order valence-electron chi connectivity index (χ0n) is 7.80. The summed E-state index contributed by atoms with van der Waals surface area (Å²) < 4.78 is 15.3. The molecule has 0 spiro atoms. The molecule has 0 aliphatic carbocycles. The van der Waals surface area contributed by atoms with E-state index >= 15 is 0 Å². The Morgan fingerprint density at radius 2 is 2.19 bits per heavy atom. The maximum Gasteiger partial charge on any atom is 0.304 e. The number of aromatic nitrogens is 2. The van der Waals surface area contributed by atoms with E-state index in [0.29, 0.717) is 10.3 Å². The van der Waals surface area contributed by atoms with Crippen LogP contribution in [0.5, 0.6) is 0 Å².